The Hall–Kier alpha value is -1.78. The quantitative estimate of drug-likeness (QED) is 0.751. The minimum atomic E-state index is -0.686. The standard InChI is InChI=1S/C13H10N2OS/c16-13(12-7-17-8-15-12)10-3-1-2-9-4-5-14-6-11(9)10/h1-8,13,16H. The largest absolute Gasteiger partial charge is 0.382 e. The molecule has 0 aliphatic heterocycles. The molecule has 84 valence electrons. The van der Waals surface area contributed by atoms with E-state index in [0.29, 0.717) is 5.69 Å². The molecule has 3 rings (SSSR count). The smallest absolute Gasteiger partial charge is 0.122 e. The lowest BCUT2D eigenvalue weighted by Crippen LogP contribution is -2.00. The number of nitrogens with zero attached hydrogens (tertiary/aromatic N) is 2. The van der Waals surface area contributed by atoms with Crippen molar-refractivity contribution in [3.8, 4) is 0 Å². The molecule has 1 N–H and O–H groups in total. The zero-order valence-corrected chi connectivity index (χ0v) is 9.76. The lowest BCUT2D eigenvalue weighted by molar-refractivity contribution is 0.217. The van der Waals surface area contributed by atoms with E-state index < -0.39 is 6.10 Å². The van der Waals surface area contributed by atoms with Crippen LogP contribution in [0.15, 0.2) is 47.5 Å². The zero-order valence-electron chi connectivity index (χ0n) is 8.95. The van der Waals surface area contributed by atoms with Gasteiger partial charge in [-0.15, -0.1) is 11.3 Å². The van der Waals surface area contributed by atoms with E-state index in [1.165, 1.54) is 11.3 Å². The number of aliphatic hydroxyl groups is 1. The van der Waals surface area contributed by atoms with Crippen molar-refractivity contribution < 1.29 is 5.11 Å². The van der Waals surface area contributed by atoms with Crippen LogP contribution in [-0.2, 0) is 0 Å². The Morgan fingerprint density at radius 1 is 1.24 bits per heavy atom. The third kappa shape index (κ3) is 1.81. The molecule has 2 aromatic heterocycles. The summed E-state index contributed by atoms with van der Waals surface area (Å²) in [6.45, 7) is 0. The third-order valence-corrected chi connectivity index (χ3v) is 3.35. The highest BCUT2D eigenvalue weighted by Gasteiger charge is 2.14. The highest BCUT2D eigenvalue weighted by molar-refractivity contribution is 7.07. The predicted molar refractivity (Wildman–Crippen MR) is 67.9 cm³/mol. The van der Waals surface area contributed by atoms with Crippen LogP contribution in [-0.4, -0.2) is 15.1 Å². The second kappa shape index (κ2) is 4.24. The molecule has 0 aliphatic carbocycles. The number of hydrogen-bond acceptors (Lipinski definition) is 4. The summed E-state index contributed by atoms with van der Waals surface area (Å²) >= 11 is 1.48. The zero-order chi connectivity index (χ0) is 11.7. The normalized spacial score (nSPS) is 12.8. The summed E-state index contributed by atoms with van der Waals surface area (Å²) in [5.41, 5.74) is 3.26. The molecule has 0 bridgehead atoms. The second-order valence-corrected chi connectivity index (χ2v) is 4.48. The molecule has 0 amide bonds. The SMILES string of the molecule is OC(c1cscn1)c1cccc2ccncc12. The minimum Gasteiger partial charge on any atom is -0.382 e. The molecule has 0 aliphatic rings. The highest BCUT2D eigenvalue weighted by Crippen LogP contribution is 2.27. The first-order chi connectivity index (χ1) is 8.36. The first-order valence-electron chi connectivity index (χ1n) is 5.25. The first-order valence-corrected chi connectivity index (χ1v) is 6.19. The van der Waals surface area contributed by atoms with Crippen LogP contribution in [0, 0.1) is 0 Å². The van der Waals surface area contributed by atoms with Gasteiger partial charge in [-0.1, -0.05) is 18.2 Å². The first kappa shape index (κ1) is 10.4. The molecule has 17 heavy (non-hydrogen) atoms. The summed E-state index contributed by atoms with van der Waals surface area (Å²) in [7, 11) is 0. The maximum atomic E-state index is 10.3. The number of aliphatic hydroxyl groups excluding tert-OH is 1. The van der Waals surface area contributed by atoms with E-state index >= 15 is 0 Å². The monoisotopic (exact) mass is 242 g/mol. The number of pyridine rings is 1. The third-order valence-electron chi connectivity index (χ3n) is 2.74. The lowest BCUT2D eigenvalue weighted by Gasteiger charge is -2.11. The van der Waals surface area contributed by atoms with E-state index in [1.807, 2.05) is 29.6 Å². The summed E-state index contributed by atoms with van der Waals surface area (Å²) in [6.07, 6.45) is 2.84. The van der Waals surface area contributed by atoms with Crippen molar-refractivity contribution in [2.75, 3.05) is 0 Å². The Kier molecular flexibility index (Phi) is 2.59. The maximum absolute atomic E-state index is 10.3. The fourth-order valence-corrected chi connectivity index (χ4v) is 2.46. The van der Waals surface area contributed by atoms with E-state index in [0.717, 1.165) is 16.3 Å². The molecule has 0 radical (unpaired) electrons. The van der Waals surface area contributed by atoms with Crippen molar-refractivity contribution in [3.05, 3.63) is 58.8 Å². The fourth-order valence-electron chi connectivity index (χ4n) is 1.89. The Labute approximate surface area is 102 Å². The molecular formula is C13H10N2OS. The predicted octanol–water partition coefficient (Wildman–Crippen LogP) is 2.77. The van der Waals surface area contributed by atoms with E-state index in [2.05, 4.69) is 9.97 Å². The molecule has 1 atom stereocenters. The van der Waals surface area contributed by atoms with Gasteiger partial charge in [-0.2, -0.15) is 0 Å². The fraction of sp³-hybridized carbons (Fsp3) is 0.0769. The van der Waals surface area contributed by atoms with E-state index in [-0.39, 0.29) is 0 Å². The molecule has 0 fully saturated rings. The summed E-state index contributed by atoms with van der Waals surface area (Å²) in [4.78, 5) is 8.26. The molecule has 1 unspecified atom stereocenters. The van der Waals surface area contributed by atoms with Gasteiger partial charge in [-0.3, -0.25) is 4.98 Å². The summed E-state index contributed by atoms with van der Waals surface area (Å²) in [5.74, 6) is 0. The van der Waals surface area contributed by atoms with Gasteiger partial charge in [0.2, 0.25) is 0 Å². The number of benzene rings is 1. The van der Waals surface area contributed by atoms with Crippen LogP contribution in [0.5, 0.6) is 0 Å². The van der Waals surface area contributed by atoms with Gasteiger partial charge >= 0.3 is 0 Å². The molecule has 1 aromatic carbocycles. The summed E-state index contributed by atoms with van der Waals surface area (Å²) < 4.78 is 0. The van der Waals surface area contributed by atoms with E-state index in [1.54, 1.807) is 17.9 Å². The maximum Gasteiger partial charge on any atom is 0.122 e. The Morgan fingerprint density at radius 3 is 3.00 bits per heavy atom. The number of rotatable bonds is 2. The number of hydrogen-bond donors (Lipinski definition) is 1. The topological polar surface area (TPSA) is 46.0 Å². The second-order valence-electron chi connectivity index (χ2n) is 3.76. The van der Waals surface area contributed by atoms with Crippen molar-refractivity contribution in [3.63, 3.8) is 0 Å². The lowest BCUT2D eigenvalue weighted by atomic mass is 10.0. The van der Waals surface area contributed by atoms with Crippen LogP contribution >= 0.6 is 11.3 Å². The molecule has 3 nitrogen and oxygen atoms in total. The number of thiazole rings is 1. The van der Waals surface area contributed by atoms with Crippen LogP contribution in [0.25, 0.3) is 10.8 Å². The van der Waals surface area contributed by atoms with Gasteiger partial charge in [0.25, 0.3) is 0 Å². The van der Waals surface area contributed by atoms with Crippen molar-refractivity contribution in [2.45, 2.75) is 6.10 Å². The number of aromatic nitrogens is 2. The van der Waals surface area contributed by atoms with Crippen LogP contribution in [0.2, 0.25) is 0 Å². The average Bonchev–Trinajstić information content (AvgIpc) is 2.91. The van der Waals surface area contributed by atoms with Gasteiger partial charge in [0.1, 0.15) is 6.10 Å². The van der Waals surface area contributed by atoms with Crippen LogP contribution in [0.3, 0.4) is 0 Å². The van der Waals surface area contributed by atoms with Crippen molar-refractivity contribution in [2.24, 2.45) is 0 Å². The Morgan fingerprint density at radius 2 is 2.18 bits per heavy atom. The van der Waals surface area contributed by atoms with Crippen LogP contribution in [0.4, 0.5) is 0 Å². The minimum absolute atomic E-state index is 0.686. The van der Waals surface area contributed by atoms with Crippen LogP contribution < -0.4 is 0 Å². The van der Waals surface area contributed by atoms with Crippen molar-refractivity contribution in [1.82, 2.24) is 9.97 Å². The molecule has 3 aromatic rings. The van der Waals surface area contributed by atoms with Gasteiger partial charge < -0.3 is 5.11 Å². The van der Waals surface area contributed by atoms with Crippen LogP contribution in [0.1, 0.15) is 17.4 Å². The molecule has 0 saturated carbocycles. The summed E-state index contributed by atoms with van der Waals surface area (Å²) in [6, 6.07) is 7.79. The molecule has 0 saturated heterocycles. The summed E-state index contributed by atoms with van der Waals surface area (Å²) in [5, 5.41) is 14.2. The average molecular weight is 242 g/mol. The van der Waals surface area contributed by atoms with Gasteiger partial charge in [-0.05, 0) is 17.0 Å². The molecule has 0 spiro atoms. The Balaban J connectivity index is 2.17. The van der Waals surface area contributed by atoms with Gasteiger partial charge in [-0.25, -0.2) is 4.98 Å². The Bertz CT molecular complexity index is 631. The number of fused-ring (bicyclic) bond motifs is 1. The highest BCUT2D eigenvalue weighted by atomic mass is 32.1. The molecule has 4 heteroatoms. The van der Waals surface area contributed by atoms with Gasteiger partial charge in [0, 0.05) is 23.2 Å². The van der Waals surface area contributed by atoms with E-state index in [9.17, 15) is 5.11 Å². The van der Waals surface area contributed by atoms with Gasteiger partial charge in [0.15, 0.2) is 0 Å². The molecule has 2 heterocycles. The van der Waals surface area contributed by atoms with Crippen molar-refractivity contribution in [1.29, 1.82) is 0 Å². The van der Waals surface area contributed by atoms with Gasteiger partial charge in [0.05, 0.1) is 11.2 Å². The van der Waals surface area contributed by atoms with E-state index in [4.69, 9.17) is 0 Å². The van der Waals surface area contributed by atoms with Crippen molar-refractivity contribution >= 4 is 22.1 Å². The molecular weight excluding hydrogens is 232 g/mol.